The molecule has 0 aromatic rings. The van der Waals surface area contributed by atoms with Crippen LogP contribution in [0.15, 0.2) is 0 Å². The van der Waals surface area contributed by atoms with Crippen molar-refractivity contribution >= 4 is 0 Å². The van der Waals surface area contributed by atoms with Crippen LogP contribution in [0.4, 0.5) is 0 Å². The van der Waals surface area contributed by atoms with Crippen LogP contribution in [0.3, 0.4) is 0 Å². The maximum absolute atomic E-state index is 6.28. The SMILES string of the molecule is COC1CCCCC1(CN)N1CCC2CCC(C1)N2C. The van der Waals surface area contributed by atoms with Gasteiger partial charge < -0.3 is 10.5 Å². The fourth-order valence-electron chi connectivity index (χ4n) is 4.97. The van der Waals surface area contributed by atoms with Crippen molar-refractivity contribution in [3.63, 3.8) is 0 Å². The molecule has 0 spiro atoms. The van der Waals surface area contributed by atoms with Crippen LogP contribution in [0, 0.1) is 0 Å². The smallest absolute Gasteiger partial charge is 0.0767 e. The molecule has 1 aliphatic carbocycles. The molecule has 2 N–H and O–H groups in total. The number of fused-ring (bicyclic) bond motifs is 2. The van der Waals surface area contributed by atoms with E-state index < -0.39 is 0 Å². The molecule has 2 saturated heterocycles. The van der Waals surface area contributed by atoms with E-state index in [0.29, 0.717) is 6.10 Å². The summed E-state index contributed by atoms with van der Waals surface area (Å²) in [6, 6.07) is 1.52. The van der Waals surface area contributed by atoms with E-state index in [-0.39, 0.29) is 5.54 Å². The van der Waals surface area contributed by atoms with Crippen molar-refractivity contribution < 1.29 is 4.74 Å². The van der Waals surface area contributed by atoms with Crippen LogP contribution in [-0.4, -0.2) is 67.3 Å². The summed E-state index contributed by atoms with van der Waals surface area (Å²) < 4.78 is 5.86. The van der Waals surface area contributed by atoms with Crippen LogP contribution >= 0.6 is 0 Å². The van der Waals surface area contributed by atoms with Crippen molar-refractivity contribution in [3.05, 3.63) is 0 Å². The summed E-state index contributed by atoms with van der Waals surface area (Å²) in [5.74, 6) is 0. The van der Waals surface area contributed by atoms with E-state index in [4.69, 9.17) is 10.5 Å². The van der Waals surface area contributed by atoms with Crippen molar-refractivity contribution in [2.75, 3.05) is 33.8 Å². The van der Waals surface area contributed by atoms with Gasteiger partial charge in [-0.3, -0.25) is 9.80 Å². The first kappa shape index (κ1) is 14.8. The maximum Gasteiger partial charge on any atom is 0.0767 e. The number of methoxy groups -OCH3 is 1. The van der Waals surface area contributed by atoms with Gasteiger partial charge in [-0.1, -0.05) is 12.8 Å². The number of rotatable bonds is 3. The second-order valence-electron chi connectivity index (χ2n) is 7.06. The second kappa shape index (κ2) is 5.91. The molecular weight excluding hydrogens is 250 g/mol. The quantitative estimate of drug-likeness (QED) is 0.850. The molecule has 0 amide bonds. The lowest BCUT2D eigenvalue weighted by Gasteiger charge is -2.51. The van der Waals surface area contributed by atoms with Gasteiger partial charge in [-0.25, -0.2) is 0 Å². The van der Waals surface area contributed by atoms with Gasteiger partial charge in [0.05, 0.1) is 11.6 Å². The number of nitrogens with zero attached hydrogens (tertiary/aromatic N) is 2. The van der Waals surface area contributed by atoms with Gasteiger partial charge in [0.15, 0.2) is 0 Å². The number of hydrogen-bond acceptors (Lipinski definition) is 4. The number of likely N-dealkylation sites (tertiary alicyclic amines) is 1. The third kappa shape index (κ3) is 2.31. The average molecular weight is 281 g/mol. The summed E-state index contributed by atoms with van der Waals surface area (Å²) in [4.78, 5) is 5.33. The monoisotopic (exact) mass is 281 g/mol. The molecule has 3 aliphatic rings. The fraction of sp³-hybridized carbons (Fsp3) is 1.00. The lowest BCUT2D eigenvalue weighted by atomic mass is 9.77. The molecule has 0 aromatic heterocycles. The van der Waals surface area contributed by atoms with Crippen molar-refractivity contribution in [1.82, 2.24) is 9.80 Å². The predicted octanol–water partition coefficient (Wildman–Crippen LogP) is 1.44. The topological polar surface area (TPSA) is 41.7 Å². The Hall–Kier alpha value is -0.160. The molecule has 0 radical (unpaired) electrons. The minimum atomic E-state index is 0.0956. The first-order chi connectivity index (χ1) is 9.71. The van der Waals surface area contributed by atoms with E-state index in [9.17, 15) is 0 Å². The first-order valence-corrected chi connectivity index (χ1v) is 8.41. The maximum atomic E-state index is 6.28. The molecule has 20 heavy (non-hydrogen) atoms. The van der Waals surface area contributed by atoms with Gasteiger partial charge >= 0.3 is 0 Å². The van der Waals surface area contributed by atoms with E-state index >= 15 is 0 Å². The highest BCUT2D eigenvalue weighted by Gasteiger charge is 2.47. The minimum absolute atomic E-state index is 0.0956. The third-order valence-electron chi connectivity index (χ3n) is 6.34. The Morgan fingerprint density at radius 3 is 2.70 bits per heavy atom. The number of hydrogen-bond donors (Lipinski definition) is 1. The summed E-state index contributed by atoms with van der Waals surface area (Å²) in [6.45, 7) is 3.12. The summed E-state index contributed by atoms with van der Waals surface area (Å²) in [6.07, 6.45) is 9.34. The van der Waals surface area contributed by atoms with E-state index in [2.05, 4.69) is 16.8 Å². The molecule has 4 heteroatoms. The molecule has 4 unspecified atom stereocenters. The summed E-state index contributed by atoms with van der Waals surface area (Å²) in [5.41, 5.74) is 6.38. The van der Waals surface area contributed by atoms with Gasteiger partial charge in [0.25, 0.3) is 0 Å². The van der Waals surface area contributed by atoms with Gasteiger partial charge in [-0.05, 0) is 39.2 Å². The van der Waals surface area contributed by atoms with Crippen LogP contribution in [0.2, 0.25) is 0 Å². The molecular formula is C16H31N3O. The summed E-state index contributed by atoms with van der Waals surface area (Å²) in [7, 11) is 4.19. The largest absolute Gasteiger partial charge is 0.379 e. The lowest BCUT2D eigenvalue weighted by Crippen LogP contribution is -2.64. The zero-order valence-electron chi connectivity index (χ0n) is 13.2. The Bertz CT molecular complexity index is 338. The zero-order chi connectivity index (χ0) is 14.2. The molecule has 1 saturated carbocycles. The number of nitrogens with two attached hydrogens (primary N) is 1. The zero-order valence-corrected chi connectivity index (χ0v) is 13.2. The van der Waals surface area contributed by atoms with Gasteiger partial charge in [0.2, 0.25) is 0 Å². The Labute approximate surface area is 123 Å². The minimum Gasteiger partial charge on any atom is -0.379 e. The standard InChI is InChI=1S/C16H31N3O/c1-18-13-6-7-14(18)11-19(10-8-13)16(12-17)9-4-3-5-15(16)20-2/h13-15H,3-12,17H2,1-2H3. The number of ether oxygens (including phenoxy) is 1. The van der Waals surface area contributed by atoms with E-state index in [1.54, 1.807) is 0 Å². The van der Waals surface area contributed by atoms with E-state index in [1.807, 2.05) is 7.11 Å². The first-order valence-electron chi connectivity index (χ1n) is 8.41. The molecule has 3 fully saturated rings. The third-order valence-corrected chi connectivity index (χ3v) is 6.34. The fourth-order valence-corrected chi connectivity index (χ4v) is 4.97. The Morgan fingerprint density at radius 2 is 1.95 bits per heavy atom. The normalized spacial score (nSPS) is 43.6. The molecule has 2 bridgehead atoms. The van der Waals surface area contributed by atoms with E-state index in [1.165, 1.54) is 58.0 Å². The Kier molecular flexibility index (Phi) is 4.37. The van der Waals surface area contributed by atoms with Crippen molar-refractivity contribution in [3.8, 4) is 0 Å². The average Bonchev–Trinajstić information content (AvgIpc) is 2.72. The Balaban J connectivity index is 1.81. The molecule has 2 heterocycles. The highest BCUT2D eigenvalue weighted by molar-refractivity contribution is 5.04. The van der Waals surface area contributed by atoms with Crippen molar-refractivity contribution in [1.29, 1.82) is 0 Å². The van der Waals surface area contributed by atoms with Crippen LogP contribution in [0.25, 0.3) is 0 Å². The summed E-state index contributed by atoms with van der Waals surface area (Å²) >= 11 is 0. The number of likely N-dealkylation sites (N-methyl/N-ethyl adjacent to an activating group) is 1. The molecule has 0 aromatic carbocycles. The Morgan fingerprint density at radius 1 is 1.15 bits per heavy atom. The second-order valence-corrected chi connectivity index (χ2v) is 7.06. The van der Waals surface area contributed by atoms with Gasteiger partial charge in [0, 0.05) is 38.8 Å². The highest BCUT2D eigenvalue weighted by atomic mass is 16.5. The van der Waals surface area contributed by atoms with Crippen LogP contribution in [-0.2, 0) is 4.74 Å². The molecule has 3 rings (SSSR count). The van der Waals surface area contributed by atoms with Gasteiger partial charge in [-0.2, -0.15) is 0 Å². The van der Waals surface area contributed by atoms with Crippen molar-refractivity contribution in [2.45, 2.75) is 68.7 Å². The molecule has 4 atom stereocenters. The van der Waals surface area contributed by atoms with Crippen LogP contribution in [0.5, 0.6) is 0 Å². The van der Waals surface area contributed by atoms with Crippen LogP contribution in [0.1, 0.15) is 44.9 Å². The molecule has 116 valence electrons. The molecule has 4 nitrogen and oxygen atoms in total. The van der Waals surface area contributed by atoms with Crippen molar-refractivity contribution in [2.24, 2.45) is 5.73 Å². The lowest BCUT2D eigenvalue weighted by molar-refractivity contribution is -0.0776. The predicted molar refractivity (Wildman–Crippen MR) is 81.8 cm³/mol. The summed E-state index contributed by atoms with van der Waals surface area (Å²) in [5, 5.41) is 0. The highest BCUT2D eigenvalue weighted by Crippen LogP contribution is 2.38. The van der Waals surface area contributed by atoms with Gasteiger partial charge in [0.1, 0.15) is 0 Å². The molecule has 2 aliphatic heterocycles. The van der Waals surface area contributed by atoms with Gasteiger partial charge in [-0.15, -0.1) is 0 Å². The van der Waals surface area contributed by atoms with E-state index in [0.717, 1.165) is 18.6 Å². The van der Waals surface area contributed by atoms with Crippen LogP contribution < -0.4 is 5.73 Å².